The van der Waals surface area contributed by atoms with Crippen LogP contribution in [0, 0.1) is 6.92 Å². The van der Waals surface area contributed by atoms with Gasteiger partial charge < -0.3 is 24.0 Å². The highest BCUT2D eigenvalue weighted by atomic mass is 16.6. The number of aromatic nitrogens is 1. The Balaban J connectivity index is 1.73. The Hall–Kier alpha value is -3.29. The SMILES string of the molecule is Cc1occc1C(=O)N=Nc1c(O)[nH]c2cc3c(cc12)OCCO3. The lowest BCUT2D eigenvalue weighted by atomic mass is 10.2. The number of aryl methyl sites for hydroxylation is 1. The number of nitrogens with zero attached hydrogens (tertiary/aromatic N) is 2. The van der Waals surface area contributed by atoms with E-state index in [0.29, 0.717) is 46.9 Å². The molecule has 0 spiro atoms. The van der Waals surface area contributed by atoms with Gasteiger partial charge in [-0.25, -0.2) is 0 Å². The molecule has 0 bridgehead atoms. The Morgan fingerprint density at radius 3 is 2.71 bits per heavy atom. The summed E-state index contributed by atoms with van der Waals surface area (Å²) < 4.78 is 16.1. The molecule has 8 nitrogen and oxygen atoms in total. The van der Waals surface area contributed by atoms with Crippen molar-refractivity contribution in [2.24, 2.45) is 10.2 Å². The molecule has 0 saturated heterocycles. The van der Waals surface area contributed by atoms with Crippen molar-refractivity contribution in [1.82, 2.24) is 4.98 Å². The van der Waals surface area contributed by atoms with Crippen molar-refractivity contribution in [3.63, 3.8) is 0 Å². The smallest absolute Gasteiger partial charge is 0.298 e. The molecule has 1 amide bonds. The van der Waals surface area contributed by atoms with Crippen LogP contribution < -0.4 is 9.47 Å². The van der Waals surface area contributed by atoms with Crippen molar-refractivity contribution in [3.8, 4) is 17.4 Å². The average Bonchev–Trinajstić information content (AvgIpc) is 3.13. The second kappa shape index (κ2) is 5.41. The standard InChI is InChI=1S/C16H13N3O5/c1-8-9(2-3-22-8)15(20)19-18-14-10-6-12-13(24-5-4-23-12)7-11(10)17-16(14)21/h2-3,6-7,17,21H,4-5H2,1H3. The average molecular weight is 327 g/mol. The van der Waals surface area contributed by atoms with Crippen LogP contribution in [0.3, 0.4) is 0 Å². The molecule has 1 aliphatic rings. The van der Waals surface area contributed by atoms with Gasteiger partial charge in [0.15, 0.2) is 17.2 Å². The minimum Gasteiger partial charge on any atom is -0.493 e. The molecule has 0 atom stereocenters. The second-order valence-corrected chi connectivity index (χ2v) is 5.26. The van der Waals surface area contributed by atoms with E-state index in [0.717, 1.165) is 0 Å². The lowest BCUT2D eigenvalue weighted by Gasteiger charge is -2.17. The first kappa shape index (κ1) is 14.3. The van der Waals surface area contributed by atoms with Gasteiger partial charge >= 0.3 is 0 Å². The first-order valence-corrected chi connectivity index (χ1v) is 7.28. The van der Waals surface area contributed by atoms with E-state index in [9.17, 15) is 9.90 Å². The number of carbonyl (C=O) groups is 1. The summed E-state index contributed by atoms with van der Waals surface area (Å²) in [7, 11) is 0. The molecule has 8 heteroatoms. The van der Waals surface area contributed by atoms with Crippen LogP contribution in [0.5, 0.6) is 17.4 Å². The van der Waals surface area contributed by atoms with Crippen molar-refractivity contribution in [1.29, 1.82) is 0 Å². The number of fused-ring (bicyclic) bond motifs is 2. The van der Waals surface area contributed by atoms with E-state index in [4.69, 9.17) is 13.9 Å². The Morgan fingerprint density at radius 1 is 1.25 bits per heavy atom. The number of ether oxygens (including phenoxy) is 2. The Bertz CT molecular complexity index is 970. The van der Waals surface area contributed by atoms with Gasteiger partial charge in [0.2, 0.25) is 5.88 Å². The molecule has 0 fully saturated rings. The van der Waals surface area contributed by atoms with Crippen LogP contribution in [0.2, 0.25) is 0 Å². The van der Waals surface area contributed by atoms with Crippen LogP contribution >= 0.6 is 0 Å². The highest BCUT2D eigenvalue weighted by Crippen LogP contribution is 2.42. The minimum atomic E-state index is -0.549. The lowest BCUT2D eigenvalue weighted by molar-refractivity contribution is 0.0993. The third-order valence-corrected chi connectivity index (χ3v) is 3.74. The number of aromatic hydroxyl groups is 1. The summed E-state index contributed by atoms with van der Waals surface area (Å²) in [6.07, 6.45) is 1.41. The maximum Gasteiger partial charge on any atom is 0.298 e. The highest BCUT2D eigenvalue weighted by Gasteiger charge is 2.19. The van der Waals surface area contributed by atoms with E-state index in [1.54, 1.807) is 19.1 Å². The first-order valence-electron chi connectivity index (χ1n) is 7.28. The van der Waals surface area contributed by atoms with E-state index in [1.165, 1.54) is 12.3 Å². The number of H-pyrrole nitrogens is 1. The maximum atomic E-state index is 12.0. The quantitative estimate of drug-likeness (QED) is 0.700. The van der Waals surface area contributed by atoms with Gasteiger partial charge in [-0.2, -0.15) is 0 Å². The molecular weight excluding hydrogens is 314 g/mol. The zero-order chi connectivity index (χ0) is 16.7. The molecule has 3 heterocycles. The predicted octanol–water partition coefficient (Wildman–Crippen LogP) is 3.47. The van der Waals surface area contributed by atoms with Crippen LogP contribution in [-0.2, 0) is 0 Å². The Labute approximate surface area is 135 Å². The molecule has 0 saturated carbocycles. The number of amides is 1. The topological polar surface area (TPSA) is 109 Å². The van der Waals surface area contributed by atoms with Crippen molar-refractivity contribution < 1.29 is 23.8 Å². The van der Waals surface area contributed by atoms with Gasteiger partial charge in [-0.05, 0) is 19.1 Å². The molecule has 2 N–H and O–H groups in total. The van der Waals surface area contributed by atoms with Gasteiger partial charge in [-0.1, -0.05) is 0 Å². The number of hydrogen-bond donors (Lipinski definition) is 2. The molecule has 1 aromatic carbocycles. The van der Waals surface area contributed by atoms with Crippen molar-refractivity contribution in [2.45, 2.75) is 6.92 Å². The fraction of sp³-hybridized carbons (Fsp3) is 0.188. The van der Waals surface area contributed by atoms with Gasteiger partial charge in [0.25, 0.3) is 5.91 Å². The van der Waals surface area contributed by atoms with Crippen LogP contribution in [0.4, 0.5) is 5.69 Å². The summed E-state index contributed by atoms with van der Waals surface area (Å²) in [6, 6.07) is 4.93. The lowest BCUT2D eigenvalue weighted by Crippen LogP contribution is -2.15. The normalized spacial score (nSPS) is 13.7. The van der Waals surface area contributed by atoms with Crippen molar-refractivity contribution in [2.75, 3.05) is 13.2 Å². The molecule has 2 aromatic heterocycles. The summed E-state index contributed by atoms with van der Waals surface area (Å²) in [5.41, 5.74) is 1.10. The zero-order valence-corrected chi connectivity index (χ0v) is 12.7. The fourth-order valence-electron chi connectivity index (χ4n) is 2.56. The minimum absolute atomic E-state index is 0.163. The van der Waals surface area contributed by atoms with Gasteiger partial charge in [-0.15, -0.1) is 10.2 Å². The van der Waals surface area contributed by atoms with Crippen molar-refractivity contribution >= 4 is 22.5 Å². The van der Waals surface area contributed by atoms with Gasteiger partial charge in [0.05, 0.1) is 17.3 Å². The van der Waals surface area contributed by atoms with Crippen LogP contribution in [0.1, 0.15) is 16.1 Å². The number of nitrogens with one attached hydrogen (secondary N) is 1. The molecule has 122 valence electrons. The zero-order valence-electron chi connectivity index (χ0n) is 12.7. The molecule has 0 aliphatic carbocycles. The van der Waals surface area contributed by atoms with Crippen molar-refractivity contribution in [3.05, 3.63) is 35.8 Å². The number of aromatic amines is 1. The number of benzene rings is 1. The Morgan fingerprint density at radius 2 is 2.00 bits per heavy atom. The van der Waals surface area contributed by atoms with Gasteiger partial charge in [-0.3, -0.25) is 4.79 Å². The third-order valence-electron chi connectivity index (χ3n) is 3.74. The molecule has 0 unspecified atom stereocenters. The number of carbonyl (C=O) groups excluding carboxylic acids is 1. The fourth-order valence-corrected chi connectivity index (χ4v) is 2.56. The maximum absolute atomic E-state index is 12.0. The molecule has 1 aliphatic heterocycles. The summed E-state index contributed by atoms with van der Waals surface area (Å²) in [6.45, 7) is 2.58. The number of azo groups is 1. The van der Waals surface area contributed by atoms with E-state index in [-0.39, 0.29) is 11.6 Å². The third kappa shape index (κ3) is 2.28. The highest BCUT2D eigenvalue weighted by molar-refractivity contribution is 5.98. The van der Waals surface area contributed by atoms with E-state index in [2.05, 4.69) is 15.2 Å². The van der Waals surface area contributed by atoms with E-state index >= 15 is 0 Å². The molecule has 4 rings (SSSR count). The first-order chi connectivity index (χ1) is 11.6. The summed E-state index contributed by atoms with van der Waals surface area (Å²) in [5.74, 6) is 0.867. The summed E-state index contributed by atoms with van der Waals surface area (Å²) in [4.78, 5) is 14.8. The molecular formula is C16H13N3O5. The number of rotatable bonds is 2. The number of hydrogen-bond acceptors (Lipinski definition) is 6. The van der Waals surface area contributed by atoms with Crippen LogP contribution in [0.25, 0.3) is 10.9 Å². The molecule has 24 heavy (non-hydrogen) atoms. The number of furan rings is 1. The molecule has 3 aromatic rings. The Kier molecular flexibility index (Phi) is 3.23. The van der Waals surface area contributed by atoms with Gasteiger partial charge in [0, 0.05) is 11.5 Å². The van der Waals surface area contributed by atoms with Gasteiger partial charge in [0.1, 0.15) is 19.0 Å². The second-order valence-electron chi connectivity index (χ2n) is 5.26. The van der Waals surface area contributed by atoms with Crippen LogP contribution in [-0.4, -0.2) is 29.2 Å². The summed E-state index contributed by atoms with van der Waals surface area (Å²) in [5, 5.41) is 18.2. The monoisotopic (exact) mass is 327 g/mol. The largest absolute Gasteiger partial charge is 0.493 e. The van der Waals surface area contributed by atoms with E-state index < -0.39 is 5.91 Å². The van der Waals surface area contributed by atoms with E-state index in [1.807, 2.05) is 0 Å². The van der Waals surface area contributed by atoms with Crippen LogP contribution in [0.15, 0.2) is 39.1 Å². The predicted molar refractivity (Wildman–Crippen MR) is 83.2 cm³/mol. The summed E-state index contributed by atoms with van der Waals surface area (Å²) >= 11 is 0. The molecule has 0 radical (unpaired) electrons.